The molecule has 0 N–H and O–H groups in total. The third-order valence-electron chi connectivity index (χ3n) is 2.46. The maximum absolute atomic E-state index is 4.42. The van der Waals surface area contributed by atoms with Gasteiger partial charge in [0.05, 0.1) is 0 Å². The molecular formula is C10H21N3. The second-order valence-electron chi connectivity index (χ2n) is 3.80. The van der Waals surface area contributed by atoms with Gasteiger partial charge in [-0.1, -0.05) is 13.3 Å². The van der Waals surface area contributed by atoms with Crippen LogP contribution in [0.15, 0.2) is 5.10 Å². The number of rotatable bonds is 4. The van der Waals surface area contributed by atoms with Crippen molar-refractivity contribution in [2.24, 2.45) is 5.10 Å². The Morgan fingerprint density at radius 3 is 2.54 bits per heavy atom. The van der Waals surface area contributed by atoms with Crippen LogP contribution in [0.2, 0.25) is 0 Å². The van der Waals surface area contributed by atoms with Crippen molar-refractivity contribution in [2.75, 3.05) is 6.54 Å². The van der Waals surface area contributed by atoms with Gasteiger partial charge in [0.1, 0.15) is 12.5 Å². The van der Waals surface area contributed by atoms with Crippen molar-refractivity contribution in [2.45, 2.75) is 52.7 Å². The third-order valence-corrected chi connectivity index (χ3v) is 2.46. The highest BCUT2D eigenvalue weighted by Crippen LogP contribution is 2.19. The lowest BCUT2D eigenvalue weighted by Crippen LogP contribution is -2.42. The first kappa shape index (κ1) is 10.4. The van der Waals surface area contributed by atoms with Crippen molar-refractivity contribution in [1.29, 1.82) is 0 Å². The van der Waals surface area contributed by atoms with E-state index in [1.807, 2.05) is 6.34 Å². The Morgan fingerprint density at radius 2 is 2.08 bits per heavy atom. The molecular weight excluding hydrogens is 162 g/mol. The first-order valence-corrected chi connectivity index (χ1v) is 5.28. The van der Waals surface area contributed by atoms with Crippen molar-refractivity contribution in [3.8, 4) is 0 Å². The van der Waals surface area contributed by atoms with Crippen molar-refractivity contribution in [3.63, 3.8) is 0 Å². The highest BCUT2D eigenvalue weighted by atomic mass is 15.6. The number of hydrogen-bond donors (Lipinski definition) is 0. The summed E-state index contributed by atoms with van der Waals surface area (Å²) in [4.78, 5) is 2.31. The summed E-state index contributed by atoms with van der Waals surface area (Å²) in [6.45, 7) is 9.85. The van der Waals surface area contributed by atoms with Gasteiger partial charge in [-0.3, -0.25) is 5.01 Å². The maximum atomic E-state index is 4.42. The lowest BCUT2D eigenvalue weighted by atomic mass is 10.2. The summed E-state index contributed by atoms with van der Waals surface area (Å²) in [6.07, 6.45) is 4.88. The SMILES string of the molecule is CCCC1N(CC)C=NN1C(C)C. The van der Waals surface area contributed by atoms with Crippen molar-refractivity contribution >= 4 is 6.34 Å². The van der Waals surface area contributed by atoms with E-state index in [9.17, 15) is 0 Å². The number of nitrogens with zero attached hydrogens (tertiary/aromatic N) is 3. The van der Waals surface area contributed by atoms with Crippen LogP contribution in [0.3, 0.4) is 0 Å². The molecule has 0 aliphatic carbocycles. The van der Waals surface area contributed by atoms with Crippen LogP contribution in [0.4, 0.5) is 0 Å². The molecule has 1 aliphatic rings. The second kappa shape index (κ2) is 4.49. The van der Waals surface area contributed by atoms with Crippen LogP contribution in [-0.4, -0.2) is 35.0 Å². The molecule has 0 fully saturated rings. The topological polar surface area (TPSA) is 18.8 Å². The molecule has 1 unspecified atom stereocenters. The van der Waals surface area contributed by atoms with Gasteiger partial charge in [0.2, 0.25) is 0 Å². The molecule has 0 saturated heterocycles. The van der Waals surface area contributed by atoms with E-state index in [0.717, 1.165) is 6.54 Å². The molecule has 0 amide bonds. The fourth-order valence-corrected chi connectivity index (χ4v) is 1.76. The van der Waals surface area contributed by atoms with Gasteiger partial charge >= 0.3 is 0 Å². The fraction of sp³-hybridized carbons (Fsp3) is 0.900. The molecule has 3 nitrogen and oxygen atoms in total. The lowest BCUT2D eigenvalue weighted by molar-refractivity contribution is 0.0944. The molecule has 76 valence electrons. The van der Waals surface area contributed by atoms with Crippen LogP contribution >= 0.6 is 0 Å². The second-order valence-corrected chi connectivity index (χ2v) is 3.80. The van der Waals surface area contributed by atoms with E-state index < -0.39 is 0 Å². The van der Waals surface area contributed by atoms with Gasteiger partial charge < -0.3 is 4.90 Å². The van der Waals surface area contributed by atoms with Crippen LogP contribution in [-0.2, 0) is 0 Å². The van der Waals surface area contributed by atoms with E-state index in [0.29, 0.717) is 12.2 Å². The van der Waals surface area contributed by atoms with Gasteiger partial charge in [-0.2, -0.15) is 5.10 Å². The standard InChI is InChI=1S/C10H21N3/c1-5-7-10-12(6-2)8-11-13(10)9(3)4/h8-10H,5-7H2,1-4H3. The highest BCUT2D eigenvalue weighted by molar-refractivity contribution is 5.57. The molecule has 0 aromatic heterocycles. The third kappa shape index (κ3) is 2.14. The Labute approximate surface area is 81.4 Å². The molecule has 3 heteroatoms. The minimum absolute atomic E-state index is 0.495. The Morgan fingerprint density at radius 1 is 1.38 bits per heavy atom. The van der Waals surface area contributed by atoms with Crippen LogP contribution in [0.1, 0.15) is 40.5 Å². The van der Waals surface area contributed by atoms with E-state index in [2.05, 4.69) is 42.7 Å². The average molecular weight is 183 g/mol. The quantitative estimate of drug-likeness (QED) is 0.664. The summed E-state index contributed by atoms with van der Waals surface area (Å²) in [5.74, 6) is 0. The molecule has 0 bridgehead atoms. The first-order valence-electron chi connectivity index (χ1n) is 5.28. The summed E-state index contributed by atoms with van der Waals surface area (Å²) in [5, 5.41) is 6.62. The summed E-state index contributed by atoms with van der Waals surface area (Å²) >= 11 is 0. The van der Waals surface area contributed by atoms with Crippen molar-refractivity contribution < 1.29 is 0 Å². The van der Waals surface area contributed by atoms with Gasteiger partial charge in [0.25, 0.3) is 0 Å². The Hall–Kier alpha value is -0.730. The lowest BCUT2D eigenvalue weighted by Gasteiger charge is -2.32. The molecule has 0 radical (unpaired) electrons. The zero-order valence-electron chi connectivity index (χ0n) is 9.20. The molecule has 1 aliphatic heterocycles. The highest BCUT2D eigenvalue weighted by Gasteiger charge is 2.27. The van der Waals surface area contributed by atoms with Gasteiger partial charge in [0.15, 0.2) is 0 Å². The van der Waals surface area contributed by atoms with Crippen LogP contribution in [0.5, 0.6) is 0 Å². The molecule has 0 aromatic rings. The van der Waals surface area contributed by atoms with E-state index >= 15 is 0 Å². The van der Waals surface area contributed by atoms with Crippen LogP contribution in [0.25, 0.3) is 0 Å². The molecule has 1 atom stereocenters. The van der Waals surface area contributed by atoms with E-state index in [1.165, 1.54) is 12.8 Å². The number of hydrazone groups is 1. The minimum atomic E-state index is 0.495. The summed E-state index contributed by atoms with van der Waals surface area (Å²) in [6, 6.07) is 0.504. The van der Waals surface area contributed by atoms with E-state index in [1.54, 1.807) is 0 Å². The molecule has 0 saturated carbocycles. The van der Waals surface area contributed by atoms with E-state index in [4.69, 9.17) is 0 Å². The van der Waals surface area contributed by atoms with E-state index in [-0.39, 0.29) is 0 Å². The normalized spacial score (nSPS) is 22.1. The fourth-order valence-electron chi connectivity index (χ4n) is 1.76. The van der Waals surface area contributed by atoms with Gasteiger partial charge in [-0.05, 0) is 27.2 Å². The Bertz CT molecular complexity index is 177. The van der Waals surface area contributed by atoms with Crippen molar-refractivity contribution in [3.05, 3.63) is 0 Å². The maximum Gasteiger partial charge on any atom is 0.119 e. The predicted molar refractivity (Wildman–Crippen MR) is 56.5 cm³/mol. The minimum Gasteiger partial charge on any atom is -0.340 e. The van der Waals surface area contributed by atoms with Gasteiger partial charge in [-0.15, -0.1) is 0 Å². The zero-order chi connectivity index (χ0) is 9.84. The molecule has 0 aromatic carbocycles. The predicted octanol–water partition coefficient (Wildman–Crippen LogP) is 2.10. The van der Waals surface area contributed by atoms with Crippen LogP contribution in [0, 0.1) is 0 Å². The summed E-state index contributed by atoms with van der Waals surface area (Å²) in [7, 11) is 0. The average Bonchev–Trinajstić information content (AvgIpc) is 2.48. The zero-order valence-corrected chi connectivity index (χ0v) is 9.20. The van der Waals surface area contributed by atoms with Gasteiger partial charge in [-0.25, -0.2) is 0 Å². The molecule has 0 spiro atoms. The Balaban J connectivity index is 2.60. The summed E-state index contributed by atoms with van der Waals surface area (Å²) < 4.78 is 0. The summed E-state index contributed by atoms with van der Waals surface area (Å²) in [5.41, 5.74) is 0. The molecule has 1 rings (SSSR count). The smallest absolute Gasteiger partial charge is 0.119 e. The number of hydrogen-bond acceptors (Lipinski definition) is 3. The molecule has 1 heterocycles. The largest absolute Gasteiger partial charge is 0.340 e. The van der Waals surface area contributed by atoms with Gasteiger partial charge in [0, 0.05) is 12.6 Å². The molecule has 13 heavy (non-hydrogen) atoms. The van der Waals surface area contributed by atoms with Crippen LogP contribution < -0.4 is 0 Å². The Kier molecular flexibility index (Phi) is 3.58. The first-order chi connectivity index (χ1) is 6.20. The van der Waals surface area contributed by atoms with Crippen molar-refractivity contribution in [1.82, 2.24) is 9.91 Å². The monoisotopic (exact) mass is 183 g/mol.